The maximum Gasteiger partial charge on any atom is 0.288 e. The number of ether oxygens (including phenoxy) is 3. The Bertz CT molecular complexity index is 957. The highest BCUT2D eigenvalue weighted by molar-refractivity contribution is 7.80. The molecule has 0 bridgehead atoms. The van der Waals surface area contributed by atoms with Crippen molar-refractivity contribution in [3.63, 3.8) is 0 Å². The third-order valence-corrected chi connectivity index (χ3v) is 4.40. The number of rotatable bonds is 6. The van der Waals surface area contributed by atoms with Gasteiger partial charge in [0.1, 0.15) is 5.02 Å². The Balaban J connectivity index is 2.21. The number of aryl methyl sites for hydroxylation is 1. The smallest absolute Gasteiger partial charge is 0.288 e. The van der Waals surface area contributed by atoms with E-state index < -0.39 is 10.8 Å². The highest BCUT2D eigenvalue weighted by atomic mass is 35.5. The van der Waals surface area contributed by atoms with Crippen molar-refractivity contribution in [1.82, 2.24) is 5.32 Å². The van der Waals surface area contributed by atoms with Crippen LogP contribution in [-0.4, -0.2) is 37.3 Å². The highest BCUT2D eigenvalue weighted by Gasteiger charge is 2.19. The molecule has 0 fully saturated rings. The molecule has 154 valence electrons. The molecule has 0 aliphatic carbocycles. The number of halogens is 1. The molecule has 29 heavy (non-hydrogen) atoms. The lowest BCUT2D eigenvalue weighted by atomic mass is 10.1. The lowest BCUT2D eigenvalue weighted by Gasteiger charge is -2.15. The first kappa shape index (κ1) is 22.2. The van der Waals surface area contributed by atoms with E-state index in [1.807, 2.05) is 0 Å². The van der Waals surface area contributed by atoms with Crippen LogP contribution in [-0.2, 0) is 0 Å². The van der Waals surface area contributed by atoms with Gasteiger partial charge in [-0.25, -0.2) is 0 Å². The molecule has 9 nitrogen and oxygen atoms in total. The standard InChI is InChI=1S/C18H18ClN3O6S/c1-9-5-13(22(24)25)11(19)8-12(9)20-18(29)21-17(23)10-6-14(26-2)16(28-4)15(7-10)27-3/h5-8H,1-4H3,(H2,20,21,23,29). The van der Waals surface area contributed by atoms with Crippen LogP contribution in [0.5, 0.6) is 17.2 Å². The monoisotopic (exact) mass is 439 g/mol. The van der Waals surface area contributed by atoms with Crippen molar-refractivity contribution in [3.8, 4) is 17.2 Å². The summed E-state index contributed by atoms with van der Waals surface area (Å²) in [5, 5.41) is 16.2. The number of carbonyl (C=O) groups is 1. The largest absolute Gasteiger partial charge is 0.493 e. The Morgan fingerprint density at radius 2 is 1.69 bits per heavy atom. The summed E-state index contributed by atoms with van der Waals surface area (Å²) in [5.41, 5.74) is 0.963. The number of methoxy groups -OCH3 is 3. The number of benzene rings is 2. The first-order valence-corrected chi connectivity index (χ1v) is 8.87. The van der Waals surface area contributed by atoms with E-state index in [4.69, 9.17) is 38.0 Å². The van der Waals surface area contributed by atoms with Crippen molar-refractivity contribution in [3.05, 3.63) is 50.5 Å². The molecular formula is C18H18ClN3O6S. The molecule has 0 atom stereocenters. The zero-order chi connectivity index (χ0) is 21.7. The van der Waals surface area contributed by atoms with Gasteiger partial charge in [-0.3, -0.25) is 20.2 Å². The summed E-state index contributed by atoms with van der Waals surface area (Å²) in [7, 11) is 4.33. The SMILES string of the molecule is COc1cc(C(=O)NC(=S)Nc2cc(Cl)c([N+](=O)[O-])cc2C)cc(OC)c1OC. The number of thiocarbonyl (C=S) groups is 1. The van der Waals surface area contributed by atoms with Gasteiger partial charge in [-0.2, -0.15) is 0 Å². The number of anilines is 1. The van der Waals surface area contributed by atoms with Crippen molar-refractivity contribution in [2.24, 2.45) is 0 Å². The highest BCUT2D eigenvalue weighted by Crippen LogP contribution is 2.38. The normalized spacial score (nSPS) is 10.1. The molecule has 2 rings (SSSR count). The molecule has 1 amide bonds. The zero-order valence-corrected chi connectivity index (χ0v) is 17.6. The van der Waals surface area contributed by atoms with E-state index >= 15 is 0 Å². The lowest BCUT2D eigenvalue weighted by molar-refractivity contribution is -0.384. The third kappa shape index (κ3) is 5.04. The van der Waals surface area contributed by atoms with Gasteiger partial charge < -0.3 is 19.5 Å². The first-order chi connectivity index (χ1) is 13.7. The van der Waals surface area contributed by atoms with E-state index in [2.05, 4.69) is 10.6 Å². The third-order valence-electron chi connectivity index (χ3n) is 3.89. The van der Waals surface area contributed by atoms with Gasteiger partial charge in [-0.15, -0.1) is 0 Å². The fourth-order valence-electron chi connectivity index (χ4n) is 2.48. The zero-order valence-electron chi connectivity index (χ0n) is 16.0. The summed E-state index contributed by atoms with van der Waals surface area (Å²) in [6, 6.07) is 5.64. The van der Waals surface area contributed by atoms with Crippen molar-refractivity contribution in [2.45, 2.75) is 6.92 Å². The van der Waals surface area contributed by atoms with Crippen LogP contribution in [0.15, 0.2) is 24.3 Å². The van der Waals surface area contributed by atoms with Gasteiger partial charge in [0, 0.05) is 17.3 Å². The van der Waals surface area contributed by atoms with E-state index in [-0.39, 0.29) is 21.4 Å². The van der Waals surface area contributed by atoms with Crippen LogP contribution >= 0.6 is 23.8 Å². The second-order valence-electron chi connectivity index (χ2n) is 5.70. The number of nitrogens with one attached hydrogen (secondary N) is 2. The van der Waals surface area contributed by atoms with E-state index in [0.717, 1.165) is 0 Å². The molecular weight excluding hydrogens is 422 g/mol. The second kappa shape index (κ2) is 9.39. The predicted octanol–water partition coefficient (Wildman–Crippen LogP) is 3.71. The summed E-state index contributed by atoms with van der Waals surface area (Å²) >= 11 is 11.1. The van der Waals surface area contributed by atoms with Crippen molar-refractivity contribution >= 4 is 46.2 Å². The van der Waals surface area contributed by atoms with E-state index in [1.165, 1.54) is 45.6 Å². The molecule has 0 aliphatic heterocycles. The van der Waals surface area contributed by atoms with Crippen molar-refractivity contribution in [2.75, 3.05) is 26.6 Å². The molecule has 0 heterocycles. The predicted molar refractivity (Wildman–Crippen MR) is 113 cm³/mol. The van der Waals surface area contributed by atoms with Crippen molar-refractivity contribution in [1.29, 1.82) is 0 Å². The topological polar surface area (TPSA) is 112 Å². The molecule has 0 radical (unpaired) electrons. The Morgan fingerprint density at radius 1 is 1.10 bits per heavy atom. The molecule has 0 spiro atoms. The van der Waals surface area contributed by atoms with Crippen LogP contribution in [0.25, 0.3) is 0 Å². The van der Waals surface area contributed by atoms with E-state index in [9.17, 15) is 14.9 Å². The summed E-state index contributed by atoms with van der Waals surface area (Å²) in [4.78, 5) is 22.9. The number of carbonyl (C=O) groups excluding carboxylic acids is 1. The van der Waals surface area contributed by atoms with Gasteiger partial charge in [-0.05, 0) is 42.9 Å². The fourth-order valence-corrected chi connectivity index (χ4v) is 2.92. The van der Waals surface area contributed by atoms with Crippen LogP contribution in [0.4, 0.5) is 11.4 Å². The minimum atomic E-state index is -0.580. The summed E-state index contributed by atoms with van der Waals surface area (Å²) < 4.78 is 15.7. The number of nitro benzene ring substituents is 1. The second-order valence-corrected chi connectivity index (χ2v) is 6.51. The maximum absolute atomic E-state index is 12.6. The molecule has 0 unspecified atom stereocenters. The lowest BCUT2D eigenvalue weighted by Crippen LogP contribution is -2.34. The van der Waals surface area contributed by atoms with E-state index in [1.54, 1.807) is 6.92 Å². The van der Waals surface area contributed by atoms with Crippen LogP contribution in [0.3, 0.4) is 0 Å². The number of hydrogen-bond donors (Lipinski definition) is 2. The molecule has 0 saturated carbocycles. The molecule has 2 aromatic rings. The summed E-state index contributed by atoms with van der Waals surface area (Å²) in [6.45, 7) is 1.65. The molecule has 11 heteroatoms. The Hall–Kier alpha value is -3.11. The average Bonchev–Trinajstić information content (AvgIpc) is 2.68. The molecule has 2 aromatic carbocycles. The van der Waals surface area contributed by atoms with Crippen LogP contribution in [0, 0.1) is 17.0 Å². The van der Waals surface area contributed by atoms with E-state index in [0.29, 0.717) is 28.5 Å². The minimum Gasteiger partial charge on any atom is -0.493 e. The van der Waals surface area contributed by atoms with Gasteiger partial charge in [0.25, 0.3) is 11.6 Å². The number of nitrogens with zero attached hydrogens (tertiary/aromatic N) is 1. The molecule has 0 aliphatic rings. The minimum absolute atomic E-state index is 0.0169. The summed E-state index contributed by atoms with van der Waals surface area (Å²) in [5.74, 6) is 0.457. The fraction of sp³-hybridized carbons (Fsp3) is 0.222. The van der Waals surface area contributed by atoms with Crippen LogP contribution in [0.2, 0.25) is 5.02 Å². The van der Waals surface area contributed by atoms with Gasteiger partial charge in [0.2, 0.25) is 5.75 Å². The number of amides is 1. The molecule has 0 saturated heterocycles. The Labute approximate surface area is 177 Å². The number of hydrogen-bond acceptors (Lipinski definition) is 7. The van der Waals surface area contributed by atoms with Crippen LogP contribution in [0.1, 0.15) is 15.9 Å². The van der Waals surface area contributed by atoms with Crippen molar-refractivity contribution < 1.29 is 23.9 Å². The quantitative estimate of drug-likeness (QED) is 0.398. The molecule has 0 aromatic heterocycles. The number of nitro groups is 1. The Kier molecular flexibility index (Phi) is 7.18. The van der Waals surface area contributed by atoms with Gasteiger partial charge >= 0.3 is 0 Å². The van der Waals surface area contributed by atoms with Gasteiger partial charge in [-0.1, -0.05) is 11.6 Å². The maximum atomic E-state index is 12.6. The first-order valence-electron chi connectivity index (χ1n) is 8.08. The molecule has 2 N–H and O–H groups in total. The summed E-state index contributed by atoms with van der Waals surface area (Å²) in [6.07, 6.45) is 0. The van der Waals surface area contributed by atoms with Crippen LogP contribution < -0.4 is 24.8 Å². The van der Waals surface area contributed by atoms with Gasteiger partial charge in [0.15, 0.2) is 16.6 Å². The Morgan fingerprint density at radius 3 is 2.17 bits per heavy atom. The average molecular weight is 440 g/mol. The van der Waals surface area contributed by atoms with Gasteiger partial charge in [0.05, 0.1) is 26.3 Å².